The Morgan fingerprint density at radius 1 is 1.11 bits per heavy atom. The molecule has 0 radical (unpaired) electrons. The molecule has 2 heterocycles. The van der Waals surface area contributed by atoms with Gasteiger partial charge in [-0.3, -0.25) is 0 Å². The number of carboxylic acids is 1. The molecule has 0 unspecified atom stereocenters. The molecule has 0 spiro atoms. The van der Waals surface area contributed by atoms with Gasteiger partial charge in [-0.15, -0.1) is 0 Å². The lowest BCUT2D eigenvalue weighted by atomic mass is 9.98. The summed E-state index contributed by atoms with van der Waals surface area (Å²) in [6.07, 6.45) is 0. The maximum Gasteiger partial charge on any atom is 0.336 e. The first-order valence-corrected chi connectivity index (χ1v) is 8.72. The number of carboxylic acid groups (broad SMARTS) is 1. The number of carbonyl (C=O) groups is 1. The number of furan rings is 1. The molecule has 0 aliphatic rings. The Balaban J connectivity index is 1.91. The van der Waals surface area contributed by atoms with E-state index in [1.54, 1.807) is 13.2 Å². The van der Waals surface area contributed by atoms with Gasteiger partial charge in [0.1, 0.15) is 17.0 Å². The summed E-state index contributed by atoms with van der Waals surface area (Å²) in [4.78, 5) is 16.5. The first-order valence-electron chi connectivity index (χ1n) is 8.72. The van der Waals surface area contributed by atoms with Crippen LogP contribution in [0.4, 0.5) is 0 Å². The average Bonchev–Trinajstić information content (AvgIpc) is 3.09. The molecule has 0 amide bonds. The summed E-state index contributed by atoms with van der Waals surface area (Å²) in [5.74, 6) is 0.577. The molecule has 0 aliphatic carbocycles. The number of rotatable bonds is 4. The summed E-state index contributed by atoms with van der Waals surface area (Å²) in [6, 6.07) is 14.7. The summed E-state index contributed by atoms with van der Waals surface area (Å²) in [6.45, 7) is 4.15. The Kier molecular flexibility index (Phi) is 4.07. The first kappa shape index (κ1) is 17.1. The Hall–Kier alpha value is -3.34. The summed E-state index contributed by atoms with van der Waals surface area (Å²) < 4.78 is 11.1. The standard InChI is InChI=1S/C22H19NO4/c1-12(2)13-4-6-18-16(9-13)17(22(24)25)11-19(23-18)21-10-14-8-15(26-3)5-7-20(14)27-21/h4-12H,1-3H3,(H,24,25). The van der Waals surface area contributed by atoms with Crippen LogP contribution >= 0.6 is 0 Å². The molecule has 5 heteroatoms. The predicted octanol–water partition coefficient (Wildman–Crippen LogP) is 5.48. The second-order valence-corrected chi connectivity index (χ2v) is 6.81. The number of ether oxygens (including phenoxy) is 1. The molecule has 2 aromatic carbocycles. The number of fused-ring (bicyclic) bond motifs is 2. The lowest BCUT2D eigenvalue weighted by molar-refractivity contribution is 0.0699. The number of pyridine rings is 1. The molecule has 0 atom stereocenters. The van der Waals surface area contributed by atoms with Crippen LogP contribution < -0.4 is 4.74 Å². The molecule has 0 fully saturated rings. The van der Waals surface area contributed by atoms with Gasteiger partial charge in [0.05, 0.1) is 18.2 Å². The highest BCUT2D eigenvalue weighted by atomic mass is 16.5. The predicted molar refractivity (Wildman–Crippen MR) is 105 cm³/mol. The quantitative estimate of drug-likeness (QED) is 0.521. The lowest BCUT2D eigenvalue weighted by Crippen LogP contribution is -2.01. The fourth-order valence-corrected chi connectivity index (χ4v) is 3.18. The van der Waals surface area contributed by atoms with Crippen molar-refractivity contribution in [3.05, 3.63) is 59.7 Å². The minimum Gasteiger partial charge on any atom is -0.497 e. The van der Waals surface area contributed by atoms with Crippen LogP contribution in [-0.2, 0) is 0 Å². The highest BCUT2D eigenvalue weighted by Crippen LogP contribution is 2.32. The fourth-order valence-electron chi connectivity index (χ4n) is 3.18. The molecule has 0 saturated heterocycles. The molecular weight excluding hydrogens is 342 g/mol. The van der Waals surface area contributed by atoms with E-state index in [0.29, 0.717) is 33.9 Å². The van der Waals surface area contributed by atoms with Crippen molar-refractivity contribution in [1.82, 2.24) is 4.98 Å². The number of aromatic carboxylic acids is 1. The molecule has 5 nitrogen and oxygen atoms in total. The van der Waals surface area contributed by atoms with Crippen LogP contribution in [0.25, 0.3) is 33.3 Å². The summed E-state index contributed by atoms with van der Waals surface area (Å²) in [7, 11) is 1.61. The zero-order chi connectivity index (χ0) is 19.1. The van der Waals surface area contributed by atoms with Crippen molar-refractivity contribution in [3.8, 4) is 17.2 Å². The van der Waals surface area contributed by atoms with E-state index in [1.165, 1.54) is 0 Å². The van der Waals surface area contributed by atoms with E-state index in [4.69, 9.17) is 9.15 Å². The van der Waals surface area contributed by atoms with E-state index in [-0.39, 0.29) is 5.56 Å². The second kappa shape index (κ2) is 6.43. The molecule has 0 saturated carbocycles. The second-order valence-electron chi connectivity index (χ2n) is 6.81. The third-order valence-corrected chi connectivity index (χ3v) is 4.71. The smallest absolute Gasteiger partial charge is 0.336 e. The minimum atomic E-state index is -0.984. The Morgan fingerprint density at radius 2 is 1.93 bits per heavy atom. The fraction of sp³-hybridized carbons (Fsp3) is 0.182. The lowest BCUT2D eigenvalue weighted by Gasteiger charge is -2.10. The van der Waals surface area contributed by atoms with Crippen molar-refractivity contribution >= 4 is 27.8 Å². The SMILES string of the molecule is COc1ccc2oc(-c3cc(C(=O)O)c4cc(C(C)C)ccc4n3)cc2c1. The van der Waals surface area contributed by atoms with Crippen molar-refractivity contribution in [2.75, 3.05) is 7.11 Å². The zero-order valence-corrected chi connectivity index (χ0v) is 15.3. The van der Waals surface area contributed by atoms with Gasteiger partial charge in [-0.2, -0.15) is 0 Å². The number of nitrogens with zero attached hydrogens (tertiary/aromatic N) is 1. The van der Waals surface area contributed by atoms with Crippen molar-refractivity contribution in [1.29, 1.82) is 0 Å². The summed E-state index contributed by atoms with van der Waals surface area (Å²) in [5.41, 5.74) is 3.12. The molecule has 136 valence electrons. The van der Waals surface area contributed by atoms with E-state index in [0.717, 1.165) is 16.7 Å². The highest BCUT2D eigenvalue weighted by molar-refractivity contribution is 6.04. The monoisotopic (exact) mass is 361 g/mol. The molecule has 0 aliphatic heterocycles. The molecule has 4 aromatic rings. The maximum atomic E-state index is 11.9. The van der Waals surface area contributed by atoms with E-state index >= 15 is 0 Å². The molecule has 4 rings (SSSR count). The number of hydrogen-bond donors (Lipinski definition) is 1. The van der Waals surface area contributed by atoms with Crippen molar-refractivity contribution in [2.24, 2.45) is 0 Å². The van der Waals surface area contributed by atoms with Crippen LogP contribution in [0.2, 0.25) is 0 Å². The minimum absolute atomic E-state index is 0.218. The van der Waals surface area contributed by atoms with Gasteiger partial charge in [0.2, 0.25) is 0 Å². The van der Waals surface area contributed by atoms with Gasteiger partial charge in [0.15, 0.2) is 5.76 Å². The number of aromatic nitrogens is 1. The van der Waals surface area contributed by atoms with Crippen molar-refractivity contribution in [3.63, 3.8) is 0 Å². The molecule has 27 heavy (non-hydrogen) atoms. The van der Waals surface area contributed by atoms with Gasteiger partial charge >= 0.3 is 5.97 Å². The van der Waals surface area contributed by atoms with E-state index in [1.807, 2.05) is 42.5 Å². The molecule has 0 bridgehead atoms. The third-order valence-electron chi connectivity index (χ3n) is 4.71. The zero-order valence-electron chi connectivity index (χ0n) is 15.3. The average molecular weight is 361 g/mol. The summed E-state index contributed by atoms with van der Waals surface area (Å²) in [5, 5.41) is 11.2. The van der Waals surface area contributed by atoms with Gasteiger partial charge < -0.3 is 14.3 Å². The normalized spacial score (nSPS) is 11.4. The largest absolute Gasteiger partial charge is 0.497 e. The van der Waals surface area contributed by atoms with Gasteiger partial charge in [-0.1, -0.05) is 19.9 Å². The van der Waals surface area contributed by atoms with Gasteiger partial charge in [0.25, 0.3) is 0 Å². The molecule has 1 N–H and O–H groups in total. The van der Waals surface area contributed by atoms with Crippen molar-refractivity contribution < 1.29 is 19.1 Å². The number of hydrogen-bond acceptors (Lipinski definition) is 4. The Morgan fingerprint density at radius 3 is 2.63 bits per heavy atom. The third kappa shape index (κ3) is 3.01. The van der Waals surface area contributed by atoms with Crippen molar-refractivity contribution in [2.45, 2.75) is 19.8 Å². The van der Waals surface area contributed by atoms with Crippen LogP contribution in [-0.4, -0.2) is 23.2 Å². The van der Waals surface area contributed by atoms with Crippen LogP contribution in [0.1, 0.15) is 35.7 Å². The van der Waals surface area contributed by atoms with Crippen LogP contribution in [0.5, 0.6) is 5.75 Å². The first-order chi connectivity index (χ1) is 13.0. The van der Waals surface area contributed by atoms with E-state index < -0.39 is 5.97 Å². The summed E-state index contributed by atoms with van der Waals surface area (Å²) >= 11 is 0. The van der Waals surface area contributed by atoms with Crippen LogP contribution in [0.3, 0.4) is 0 Å². The number of benzene rings is 2. The van der Waals surface area contributed by atoms with Crippen LogP contribution in [0.15, 0.2) is 52.9 Å². The van der Waals surface area contributed by atoms with Gasteiger partial charge in [-0.25, -0.2) is 9.78 Å². The van der Waals surface area contributed by atoms with Crippen LogP contribution in [0, 0.1) is 0 Å². The molecule has 2 aromatic heterocycles. The highest BCUT2D eigenvalue weighted by Gasteiger charge is 2.16. The van der Waals surface area contributed by atoms with Gasteiger partial charge in [0, 0.05) is 10.8 Å². The topological polar surface area (TPSA) is 72.6 Å². The Labute approximate surface area is 156 Å². The molecular formula is C22H19NO4. The van der Waals surface area contributed by atoms with E-state index in [2.05, 4.69) is 18.8 Å². The Bertz CT molecular complexity index is 1170. The van der Waals surface area contributed by atoms with E-state index in [9.17, 15) is 9.90 Å². The maximum absolute atomic E-state index is 11.9. The number of methoxy groups -OCH3 is 1. The van der Waals surface area contributed by atoms with Gasteiger partial charge in [-0.05, 0) is 53.9 Å².